The average molecular weight is 341 g/mol. The number of ether oxygens (including phenoxy) is 2. The molecule has 1 aliphatic heterocycles. The van der Waals surface area contributed by atoms with Gasteiger partial charge in [-0.3, -0.25) is 9.59 Å². The third-order valence-corrected chi connectivity index (χ3v) is 3.84. The maximum atomic E-state index is 12.0. The highest BCUT2D eigenvalue weighted by atomic mass is 16.7. The van der Waals surface area contributed by atoms with Crippen LogP contribution in [0.15, 0.2) is 48.5 Å². The van der Waals surface area contributed by atoms with Gasteiger partial charge in [0, 0.05) is 13.0 Å². The molecule has 0 radical (unpaired) electrons. The minimum Gasteiger partial charge on any atom is -0.481 e. The molecule has 3 rings (SSSR count). The van der Waals surface area contributed by atoms with Crippen LogP contribution in [0, 0.1) is 0 Å². The summed E-state index contributed by atoms with van der Waals surface area (Å²) in [5, 5.41) is 11.6. The Kier molecular flexibility index (Phi) is 5.18. The van der Waals surface area contributed by atoms with E-state index < -0.39 is 12.3 Å². The van der Waals surface area contributed by atoms with Crippen LogP contribution < -0.4 is 14.8 Å². The first kappa shape index (κ1) is 16.8. The lowest BCUT2D eigenvalue weighted by Gasteiger charge is -2.10. The van der Waals surface area contributed by atoms with Crippen LogP contribution in [0.25, 0.3) is 0 Å². The van der Waals surface area contributed by atoms with E-state index >= 15 is 0 Å². The van der Waals surface area contributed by atoms with Crippen molar-refractivity contribution in [1.82, 2.24) is 5.32 Å². The molecule has 25 heavy (non-hydrogen) atoms. The van der Waals surface area contributed by atoms with Crippen molar-refractivity contribution >= 4 is 11.9 Å². The first-order valence-corrected chi connectivity index (χ1v) is 8.09. The normalized spacial score (nSPS) is 15.0. The van der Waals surface area contributed by atoms with Gasteiger partial charge in [0.25, 0.3) is 0 Å². The Morgan fingerprint density at radius 3 is 2.52 bits per heavy atom. The zero-order valence-electron chi connectivity index (χ0n) is 13.6. The molecule has 0 bridgehead atoms. The maximum absolute atomic E-state index is 12.0. The summed E-state index contributed by atoms with van der Waals surface area (Å²) in [4.78, 5) is 22.7. The van der Waals surface area contributed by atoms with E-state index in [1.54, 1.807) is 12.1 Å². The average Bonchev–Trinajstić information content (AvgIpc) is 3.00. The summed E-state index contributed by atoms with van der Waals surface area (Å²) in [5.74, 6) is 0.113. The van der Waals surface area contributed by atoms with E-state index in [2.05, 4.69) is 5.32 Å². The van der Waals surface area contributed by atoms with Crippen molar-refractivity contribution in [3.63, 3.8) is 0 Å². The molecule has 2 aromatic carbocycles. The molecule has 0 saturated carbocycles. The molecule has 1 atom stereocenters. The van der Waals surface area contributed by atoms with Gasteiger partial charge < -0.3 is 19.9 Å². The second-order valence-electron chi connectivity index (χ2n) is 5.81. The number of aliphatic carboxylic acids is 1. The molecule has 1 amide bonds. The number of aryl methyl sites for hydroxylation is 1. The Bertz CT molecular complexity index is 760. The number of carbonyl (C=O) groups is 2. The van der Waals surface area contributed by atoms with Crippen molar-refractivity contribution in [3.05, 3.63) is 59.7 Å². The van der Waals surface area contributed by atoms with Gasteiger partial charge >= 0.3 is 5.97 Å². The van der Waals surface area contributed by atoms with Crippen LogP contribution in [0.1, 0.15) is 24.0 Å². The number of amides is 1. The quantitative estimate of drug-likeness (QED) is 0.808. The number of hydrogen-bond donors (Lipinski definition) is 2. The second kappa shape index (κ2) is 7.70. The van der Waals surface area contributed by atoms with Crippen molar-refractivity contribution in [1.29, 1.82) is 0 Å². The maximum Gasteiger partial charge on any atom is 0.303 e. The molecule has 0 aromatic heterocycles. The summed E-state index contributed by atoms with van der Waals surface area (Å²) in [5.41, 5.74) is 1.88. The zero-order chi connectivity index (χ0) is 17.6. The molecular formula is C19H19NO5. The summed E-state index contributed by atoms with van der Waals surface area (Å²) in [6.45, 7) is 0.457. The van der Waals surface area contributed by atoms with Gasteiger partial charge in [0.2, 0.25) is 12.2 Å². The molecule has 0 aliphatic carbocycles. The largest absolute Gasteiger partial charge is 0.481 e. The molecule has 6 heteroatoms. The fraction of sp³-hybridized carbons (Fsp3) is 0.263. The first-order valence-electron chi connectivity index (χ1n) is 8.09. The van der Waals surface area contributed by atoms with Crippen molar-refractivity contribution in [2.75, 3.05) is 0 Å². The van der Waals surface area contributed by atoms with Gasteiger partial charge in [-0.1, -0.05) is 36.4 Å². The molecule has 0 saturated heterocycles. The lowest BCUT2D eigenvalue weighted by molar-refractivity contribution is -0.137. The smallest absolute Gasteiger partial charge is 0.303 e. The van der Waals surface area contributed by atoms with E-state index in [4.69, 9.17) is 14.6 Å². The number of hydrogen-bond acceptors (Lipinski definition) is 4. The Morgan fingerprint density at radius 1 is 1.00 bits per heavy atom. The summed E-state index contributed by atoms with van der Waals surface area (Å²) in [6, 6.07) is 15.0. The van der Waals surface area contributed by atoms with Gasteiger partial charge in [0.15, 0.2) is 11.5 Å². The van der Waals surface area contributed by atoms with Crippen molar-refractivity contribution < 1.29 is 24.2 Å². The van der Waals surface area contributed by atoms with Crippen molar-refractivity contribution in [2.45, 2.75) is 32.1 Å². The van der Waals surface area contributed by atoms with Crippen LogP contribution in [0.2, 0.25) is 0 Å². The summed E-state index contributed by atoms with van der Waals surface area (Å²) < 4.78 is 11.3. The predicted molar refractivity (Wildman–Crippen MR) is 90.3 cm³/mol. The minimum absolute atomic E-state index is 0.0605. The lowest BCUT2D eigenvalue weighted by atomic mass is 10.1. The molecule has 2 aromatic rings. The fourth-order valence-electron chi connectivity index (χ4n) is 2.56. The molecule has 0 spiro atoms. The molecule has 1 heterocycles. The van der Waals surface area contributed by atoms with E-state index in [-0.39, 0.29) is 18.7 Å². The summed E-state index contributed by atoms with van der Waals surface area (Å²) in [7, 11) is 0. The third kappa shape index (κ3) is 4.73. The molecule has 130 valence electrons. The van der Waals surface area contributed by atoms with Gasteiger partial charge in [-0.25, -0.2) is 0 Å². The molecular weight excluding hydrogens is 322 g/mol. The number of carbonyl (C=O) groups excluding carboxylic acids is 1. The van der Waals surface area contributed by atoms with Crippen LogP contribution in [0.4, 0.5) is 0 Å². The lowest BCUT2D eigenvalue weighted by Crippen LogP contribution is -2.30. The topological polar surface area (TPSA) is 84.9 Å². The van der Waals surface area contributed by atoms with Gasteiger partial charge in [-0.15, -0.1) is 0 Å². The molecule has 1 aliphatic rings. The first-order chi connectivity index (χ1) is 12.1. The molecule has 0 fully saturated rings. The van der Waals surface area contributed by atoms with Crippen LogP contribution in [0.5, 0.6) is 11.5 Å². The van der Waals surface area contributed by atoms with E-state index in [1.807, 2.05) is 36.4 Å². The Labute approximate surface area is 145 Å². The standard InChI is InChI=1S/C19H19NO5/c21-17(20-12-14-4-2-1-3-5-14)11-19-24-15-8-6-13(7-9-18(22)23)10-16(15)25-19/h1-6,8,10,19H,7,9,11-12H2,(H,20,21)(H,22,23). The minimum atomic E-state index is -0.842. The van der Waals surface area contributed by atoms with Gasteiger partial charge in [-0.2, -0.15) is 0 Å². The Morgan fingerprint density at radius 2 is 1.76 bits per heavy atom. The van der Waals surface area contributed by atoms with Crippen molar-refractivity contribution in [2.24, 2.45) is 0 Å². The number of carboxylic acids is 1. The van der Waals surface area contributed by atoms with Crippen LogP contribution in [-0.2, 0) is 22.6 Å². The van der Waals surface area contributed by atoms with E-state index in [9.17, 15) is 9.59 Å². The summed E-state index contributed by atoms with van der Waals surface area (Å²) >= 11 is 0. The number of nitrogens with one attached hydrogen (secondary N) is 1. The SMILES string of the molecule is O=C(O)CCc1ccc2c(c1)OC(CC(=O)NCc1ccccc1)O2. The highest BCUT2D eigenvalue weighted by Gasteiger charge is 2.26. The highest BCUT2D eigenvalue weighted by molar-refractivity contribution is 5.76. The Hall–Kier alpha value is -3.02. The molecule has 1 unspecified atom stereocenters. The van der Waals surface area contributed by atoms with Gasteiger partial charge in [-0.05, 0) is 29.7 Å². The number of rotatable bonds is 7. The highest BCUT2D eigenvalue weighted by Crippen LogP contribution is 2.36. The molecule has 2 N–H and O–H groups in total. The number of carboxylic acid groups (broad SMARTS) is 1. The fourth-order valence-corrected chi connectivity index (χ4v) is 2.56. The third-order valence-electron chi connectivity index (χ3n) is 3.84. The van der Waals surface area contributed by atoms with Gasteiger partial charge in [0.05, 0.1) is 0 Å². The van der Waals surface area contributed by atoms with Crippen molar-refractivity contribution in [3.8, 4) is 11.5 Å². The summed E-state index contributed by atoms with van der Waals surface area (Å²) in [6.07, 6.45) is -0.0917. The van der Waals surface area contributed by atoms with Crippen LogP contribution in [0.3, 0.4) is 0 Å². The van der Waals surface area contributed by atoms with E-state index in [0.29, 0.717) is 24.5 Å². The predicted octanol–water partition coefficient (Wildman–Crippen LogP) is 2.51. The number of benzene rings is 2. The molecule has 6 nitrogen and oxygen atoms in total. The zero-order valence-corrected chi connectivity index (χ0v) is 13.6. The van der Waals surface area contributed by atoms with Gasteiger partial charge in [0.1, 0.15) is 6.42 Å². The van der Waals surface area contributed by atoms with E-state index in [0.717, 1.165) is 11.1 Å². The van der Waals surface area contributed by atoms with Crippen LogP contribution in [-0.4, -0.2) is 23.3 Å². The monoisotopic (exact) mass is 341 g/mol. The van der Waals surface area contributed by atoms with Crippen LogP contribution >= 0.6 is 0 Å². The Balaban J connectivity index is 1.49. The second-order valence-corrected chi connectivity index (χ2v) is 5.81. The number of fused-ring (bicyclic) bond motifs is 1. The van der Waals surface area contributed by atoms with E-state index in [1.165, 1.54) is 0 Å².